The van der Waals surface area contributed by atoms with Crippen molar-refractivity contribution >= 4 is 27.5 Å². The highest BCUT2D eigenvalue weighted by molar-refractivity contribution is 9.10. The summed E-state index contributed by atoms with van der Waals surface area (Å²) in [5.41, 5.74) is 1.47. The molecule has 1 amide bonds. The first kappa shape index (κ1) is 12.2. The highest BCUT2D eigenvalue weighted by Crippen LogP contribution is 2.23. The van der Waals surface area contributed by atoms with Crippen LogP contribution < -0.4 is 5.32 Å². The van der Waals surface area contributed by atoms with Crippen LogP contribution in [-0.2, 0) is 0 Å². The zero-order valence-electron chi connectivity index (χ0n) is 9.09. The van der Waals surface area contributed by atoms with E-state index < -0.39 is 0 Å². The van der Waals surface area contributed by atoms with Crippen LogP contribution in [0.5, 0.6) is 0 Å². The van der Waals surface area contributed by atoms with Gasteiger partial charge in [-0.15, -0.1) is 0 Å². The Morgan fingerprint density at radius 2 is 2.06 bits per heavy atom. The van der Waals surface area contributed by atoms with Gasteiger partial charge in [0.05, 0.1) is 22.9 Å². The molecule has 0 fully saturated rings. The zero-order chi connectivity index (χ0) is 13.0. The third-order valence-corrected chi connectivity index (χ3v) is 2.83. The number of rotatable bonds is 2. The first-order valence-corrected chi connectivity index (χ1v) is 5.76. The summed E-state index contributed by atoms with van der Waals surface area (Å²) in [5, 5.41) is 11.4. The second-order valence-electron chi connectivity index (χ2n) is 3.39. The molecule has 0 aliphatic heterocycles. The Balaban J connectivity index is 2.20. The maximum atomic E-state index is 11.8. The summed E-state index contributed by atoms with van der Waals surface area (Å²) in [4.78, 5) is 19.4. The zero-order valence-corrected chi connectivity index (χ0v) is 10.7. The SMILES string of the molecule is N#Cc1ccc(NC(=O)c2cncnc2)c(Br)c1. The van der Waals surface area contributed by atoms with Crippen LogP contribution >= 0.6 is 15.9 Å². The molecule has 1 aromatic carbocycles. The molecule has 0 saturated carbocycles. The van der Waals surface area contributed by atoms with Crippen LogP contribution in [-0.4, -0.2) is 15.9 Å². The van der Waals surface area contributed by atoms with Crippen molar-refractivity contribution in [1.29, 1.82) is 5.26 Å². The first-order valence-electron chi connectivity index (χ1n) is 4.96. The van der Waals surface area contributed by atoms with Gasteiger partial charge in [0, 0.05) is 16.9 Å². The normalized spacial score (nSPS) is 9.56. The average Bonchev–Trinajstić information content (AvgIpc) is 2.42. The van der Waals surface area contributed by atoms with Crippen molar-refractivity contribution in [3.8, 4) is 6.07 Å². The summed E-state index contributed by atoms with van der Waals surface area (Å²) in [6, 6.07) is 6.94. The number of carbonyl (C=O) groups is 1. The molecule has 6 heteroatoms. The number of aromatic nitrogens is 2. The quantitative estimate of drug-likeness (QED) is 0.923. The molecule has 0 radical (unpaired) electrons. The monoisotopic (exact) mass is 302 g/mol. The van der Waals surface area contributed by atoms with Crippen molar-refractivity contribution in [2.24, 2.45) is 0 Å². The highest BCUT2D eigenvalue weighted by Gasteiger charge is 2.08. The van der Waals surface area contributed by atoms with Crippen LogP contribution in [0.15, 0.2) is 41.4 Å². The van der Waals surface area contributed by atoms with Gasteiger partial charge in [0.15, 0.2) is 0 Å². The molecular formula is C12H7BrN4O. The van der Waals surface area contributed by atoms with Gasteiger partial charge in [-0.1, -0.05) is 0 Å². The van der Waals surface area contributed by atoms with E-state index in [0.717, 1.165) is 0 Å². The van der Waals surface area contributed by atoms with Gasteiger partial charge in [0.1, 0.15) is 6.33 Å². The van der Waals surface area contributed by atoms with Crippen molar-refractivity contribution in [2.75, 3.05) is 5.32 Å². The molecule has 2 rings (SSSR count). The minimum absolute atomic E-state index is 0.305. The molecule has 0 aliphatic rings. The lowest BCUT2D eigenvalue weighted by atomic mass is 10.2. The van der Waals surface area contributed by atoms with E-state index in [-0.39, 0.29) is 5.91 Å². The number of amides is 1. The topological polar surface area (TPSA) is 78.7 Å². The van der Waals surface area contributed by atoms with E-state index >= 15 is 0 Å². The fourth-order valence-electron chi connectivity index (χ4n) is 1.30. The van der Waals surface area contributed by atoms with Crippen molar-refractivity contribution in [3.63, 3.8) is 0 Å². The number of nitrogens with one attached hydrogen (secondary N) is 1. The Hall–Kier alpha value is -2.26. The van der Waals surface area contributed by atoms with Crippen molar-refractivity contribution in [1.82, 2.24) is 9.97 Å². The van der Waals surface area contributed by atoms with Gasteiger partial charge < -0.3 is 5.32 Å². The number of halogens is 1. The van der Waals surface area contributed by atoms with Crippen LogP contribution in [0, 0.1) is 11.3 Å². The fourth-order valence-corrected chi connectivity index (χ4v) is 1.77. The smallest absolute Gasteiger partial charge is 0.258 e. The summed E-state index contributed by atoms with van der Waals surface area (Å²) in [6.45, 7) is 0. The number of nitriles is 1. The lowest BCUT2D eigenvalue weighted by Crippen LogP contribution is -2.12. The van der Waals surface area contributed by atoms with Crippen LogP contribution in [0.4, 0.5) is 5.69 Å². The molecule has 0 bridgehead atoms. The fraction of sp³-hybridized carbons (Fsp3) is 0. The third-order valence-electron chi connectivity index (χ3n) is 2.17. The van der Waals surface area contributed by atoms with Crippen LogP contribution in [0.1, 0.15) is 15.9 Å². The molecule has 1 N–H and O–H groups in total. The van der Waals surface area contributed by atoms with Crippen LogP contribution in [0.2, 0.25) is 0 Å². The molecule has 1 heterocycles. The van der Waals surface area contributed by atoms with Gasteiger partial charge in [-0.2, -0.15) is 5.26 Å². The molecule has 5 nitrogen and oxygen atoms in total. The lowest BCUT2D eigenvalue weighted by Gasteiger charge is -2.06. The third kappa shape index (κ3) is 2.70. The maximum absolute atomic E-state index is 11.8. The van der Waals surface area contributed by atoms with E-state index in [9.17, 15) is 4.79 Å². The second-order valence-corrected chi connectivity index (χ2v) is 4.24. The van der Waals surface area contributed by atoms with Crippen molar-refractivity contribution in [2.45, 2.75) is 0 Å². The first-order chi connectivity index (χ1) is 8.70. The van der Waals surface area contributed by atoms with Crippen molar-refractivity contribution in [3.05, 3.63) is 52.5 Å². The Labute approximate surface area is 112 Å². The molecule has 88 valence electrons. The number of carbonyl (C=O) groups excluding carboxylic acids is 1. The van der Waals surface area contributed by atoms with Crippen LogP contribution in [0.3, 0.4) is 0 Å². The van der Waals surface area contributed by atoms with Gasteiger partial charge in [0.25, 0.3) is 5.91 Å². The minimum Gasteiger partial charge on any atom is -0.321 e. The van der Waals surface area contributed by atoms with E-state index in [1.54, 1.807) is 18.2 Å². The molecule has 2 aromatic rings. The van der Waals surface area contributed by atoms with Gasteiger partial charge >= 0.3 is 0 Å². The summed E-state index contributed by atoms with van der Waals surface area (Å²) in [5.74, 6) is -0.305. The predicted molar refractivity (Wildman–Crippen MR) is 68.8 cm³/mol. The van der Waals surface area contributed by atoms with Crippen LogP contribution in [0.25, 0.3) is 0 Å². The van der Waals surface area contributed by atoms with Gasteiger partial charge in [-0.3, -0.25) is 4.79 Å². The average molecular weight is 303 g/mol. The molecule has 0 aliphatic carbocycles. The van der Waals surface area contributed by atoms with E-state index in [4.69, 9.17) is 5.26 Å². The Kier molecular flexibility index (Phi) is 3.65. The van der Waals surface area contributed by atoms with Gasteiger partial charge in [-0.25, -0.2) is 9.97 Å². The Morgan fingerprint density at radius 1 is 1.33 bits per heavy atom. The van der Waals surface area contributed by atoms with E-state index in [1.165, 1.54) is 18.7 Å². The summed E-state index contributed by atoms with van der Waals surface area (Å²) in [7, 11) is 0. The Bertz CT molecular complexity index is 622. The minimum atomic E-state index is -0.305. The van der Waals surface area contributed by atoms with Gasteiger partial charge in [0.2, 0.25) is 0 Å². The summed E-state index contributed by atoms with van der Waals surface area (Å²) >= 11 is 3.29. The number of hydrogen-bond acceptors (Lipinski definition) is 4. The van der Waals surface area contributed by atoms with E-state index in [1.807, 2.05) is 6.07 Å². The Morgan fingerprint density at radius 3 is 2.67 bits per heavy atom. The number of benzene rings is 1. The predicted octanol–water partition coefficient (Wildman–Crippen LogP) is 2.36. The van der Waals surface area contributed by atoms with E-state index in [0.29, 0.717) is 21.3 Å². The highest BCUT2D eigenvalue weighted by atomic mass is 79.9. The maximum Gasteiger partial charge on any atom is 0.258 e. The molecule has 0 spiro atoms. The standard InChI is InChI=1S/C12H7BrN4O/c13-10-3-8(4-14)1-2-11(10)17-12(18)9-5-15-7-16-6-9/h1-3,5-7H,(H,17,18). The molecular weight excluding hydrogens is 296 g/mol. The largest absolute Gasteiger partial charge is 0.321 e. The second kappa shape index (κ2) is 5.38. The molecule has 0 unspecified atom stereocenters. The lowest BCUT2D eigenvalue weighted by molar-refractivity contribution is 0.102. The van der Waals surface area contributed by atoms with Gasteiger partial charge in [-0.05, 0) is 34.1 Å². The number of nitrogens with zero attached hydrogens (tertiary/aromatic N) is 3. The van der Waals surface area contributed by atoms with E-state index in [2.05, 4.69) is 31.2 Å². The molecule has 0 atom stereocenters. The molecule has 0 saturated heterocycles. The molecule has 1 aromatic heterocycles. The summed E-state index contributed by atoms with van der Waals surface area (Å²) in [6.07, 6.45) is 4.22. The number of anilines is 1. The van der Waals surface area contributed by atoms with Crippen molar-refractivity contribution < 1.29 is 4.79 Å². The molecule has 18 heavy (non-hydrogen) atoms. The summed E-state index contributed by atoms with van der Waals surface area (Å²) < 4.78 is 0.645. The number of hydrogen-bond donors (Lipinski definition) is 1.